The van der Waals surface area contributed by atoms with Crippen molar-refractivity contribution in [1.82, 2.24) is 4.98 Å². The van der Waals surface area contributed by atoms with E-state index in [-0.39, 0.29) is 9.63 Å². The molecule has 1 aromatic rings. The zero-order valence-corrected chi connectivity index (χ0v) is 7.83. The highest BCUT2D eigenvalue weighted by atomic mass is 79.9. The Labute approximate surface area is 79.7 Å². The molecule has 0 unspecified atom stereocenters. The maximum atomic E-state index is 12.1. The lowest BCUT2D eigenvalue weighted by atomic mass is 10.3. The van der Waals surface area contributed by atoms with Gasteiger partial charge in [0.1, 0.15) is 4.60 Å². The monoisotopic (exact) mass is 259 g/mol. The van der Waals surface area contributed by atoms with E-state index < -0.39 is 11.7 Å². The second-order valence-electron chi connectivity index (χ2n) is 1.99. The maximum Gasteiger partial charge on any atom is 0.419 e. The average molecular weight is 260 g/mol. The molecule has 0 aliphatic heterocycles. The minimum absolute atomic E-state index is 0.0366. The van der Waals surface area contributed by atoms with Gasteiger partial charge in [-0.15, -0.1) is 0 Å². The highest BCUT2D eigenvalue weighted by Crippen LogP contribution is 2.34. The molecule has 6 heteroatoms. The number of halogens is 5. The molecule has 1 heterocycles. The normalized spacial score (nSPS) is 11.8. The van der Waals surface area contributed by atoms with Gasteiger partial charge in [0.25, 0.3) is 0 Å². The van der Waals surface area contributed by atoms with E-state index in [1.807, 2.05) is 0 Å². The van der Waals surface area contributed by atoms with Crippen LogP contribution in [-0.4, -0.2) is 4.98 Å². The van der Waals surface area contributed by atoms with Gasteiger partial charge in [-0.25, -0.2) is 4.98 Å². The summed E-state index contributed by atoms with van der Waals surface area (Å²) in [6.07, 6.45) is -3.28. The number of hydrogen-bond acceptors (Lipinski definition) is 1. The van der Waals surface area contributed by atoms with Crippen LogP contribution in [0.15, 0.2) is 16.9 Å². The summed E-state index contributed by atoms with van der Waals surface area (Å²) in [6, 6.07) is 0.818. The molecule has 1 nitrogen and oxygen atoms in total. The summed E-state index contributed by atoms with van der Waals surface area (Å²) in [6.45, 7) is 0. The SMILES string of the molecule is FC(F)(F)c1cc(Cl)cnc1Br. The van der Waals surface area contributed by atoms with Crippen LogP contribution in [-0.2, 0) is 6.18 Å². The zero-order chi connectivity index (χ0) is 9.35. The fraction of sp³-hybridized carbons (Fsp3) is 0.167. The summed E-state index contributed by atoms with van der Waals surface area (Å²) >= 11 is 8.02. The summed E-state index contributed by atoms with van der Waals surface area (Å²) in [5, 5.41) is -0.0366. The average Bonchev–Trinajstić information content (AvgIpc) is 1.92. The van der Waals surface area contributed by atoms with Crippen LogP contribution in [0.25, 0.3) is 0 Å². The zero-order valence-electron chi connectivity index (χ0n) is 5.49. The van der Waals surface area contributed by atoms with E-state index >= 15 is 0 Å². The van der Waals surface area contributed by atoms with Crippen molar-refractivity contribution < 1.29 is 13.2 Å². The number of nitrogens with zero attached hydrogens (tertiary/aromatic N) is 1. The van der Waals surface area contributed by atoms with Gasteiger partial charge in [-0.2, -0.15) is 13.2 Å². The van der Waals surface area contributed by atoms with Crippen molar-refractivity contribution in [3.8, 4) is 0 Å². The molecule has 0 bridgehead atoms. The van der Waals surface area contributed by atoms with Crippen molar-refractivity contribution in [2.24, 2.45) is 0 Å². The van der Waals surface area contributed by atoms with Gasteiger partial charge >= 0.3 is 6.18 Å². The number of hydrogen-bond donors (Lipinski definition) is 0. The third kappa shape index (κ3) is 2.10. The Kier molecular flexibility index (Phi) is 2.63. The van der Waals surface area contributed by atoms with Gasteiger partial charge in [0.05, 0.1) is 10.6 Å². The second-order valence-corrected chi connectivity index (χ2v) is 3.18. The molecular weight excluding hydrogens is 258 g/mol. The third-order valence-corrected chi connectivity index (χ3v) is 1.95. The van der Waals surface area contributed by atoms with Crippen LogP contribution < -0.4 is 0 Å². The Morgan fingerprint density at radius 1 is 1.42 bits per heavy atom. The molecule has 12 heavy (non-hydrogen) atoms. The number of alkyl halides is 3. The molecular formula is C6H2BrClF3N. The Morgan fingerprint density at radius 2 is 2.00 bits per heavy atom. The van der Waals surface area contributed by atoms with E-state index in [0.717, 1.165) is 12.3 Å². The summed E-state index contributed by atoms with van der Waals surface area (Å²) in [4.78, 5) is 3.41. The lowest BCUT2D eigenvalue weighted by Gasteiger charge is -2.07. The summed E-state index contributed by atoms with van der Waals surface area (Å²) < 4.78 is 36.0. The van der Waals surface area contributed by atoms with E-state index in [9.17, 15) is 13.2 Å². The van der Waals surface area contributed by atoms with Gasteiger partial charge in [-0.1, -0.05) is 11.6 Å². The Balaban J connectivity index is 3.23. The van der Waals surface area contributed by atoms with Crippen LogP contribution in [0.4, 0.5) is 13.2 Å². The molecule has 0 saturated heterocycles. The Bertz CT molecular complexity index is 299. The number of aromatic nitrogens is 1. The molecule has 1 rings (SSSR count). The molecule has 0 saturated carbocycles. The molecule has 0 atom stereocenters. The summed E-state index contributed by atoms with van der Waals surface area (Å²) in [5.41, 5.74) is -0.866. The van der Waals surface area contributed by atoms with Gasteiger partial charge in [0, 0.05) is 6.20 Å². The topological polar surface area (TPSA) is 12.9 Å². The fourth-order valence-corrected chi connectivity index (χ4v) is 1.22. The van der Waals surface area contributed by atoms with E-state index in [0.29, 0.717) is 0 Å². The van der Waals surface area contributed by atoms with Crippen molar-refractivity contribution in [2.45, 2.75) is 6.18 Å². The Morgan fingerprint density at radius 3 is 2.42 bits per heavy atom. The van der Waals surface area contributed by atoms with Crippen LogP contribution in [0.2, 0.25) is 5.02 Å². The predicted molar refractivity (Wildman–Crippen MR) is 41.9 cm³/mol. The van der Waals surface area contributed by atoms with Gasteiger partial charge in [0.15, 0.2) is 0 Å². The molecule has 0 amide bonds. The summed E-state index contributed by atoms with van der Waals surface area (Å²) in [5.74, 6) is 0. The van der Waals surface area contributed by atoms with Crippen molar-refractivity contribution in [1.29, 1.82) is 0 Å². The fourth-order valence-electron chi connectivity index (χ4n) is 0.621. The van der Waals surface area contributed by atoms with Gasteiger partial charge < -0.3 is 0 Å². The van der Waals surface area contributed by atoms with E-state index in [1.54, 1.807) is 0 Å². The molecule has 0 fully saturated rings. The van der Waals surface area contributed by atoms with E-state index in [1.165, 1.54) is 0 Å². The summed E-state index contributed by atoms with van der Waals surface area (Å²) in [7, 11) is 0. The largest absolute Gasteiger partial charge is 0.419 e. The number of rotatable bonds is 0. The van der Waals surface area contributed by atoms with Crippen LogP contribution in [0.1, 0.15) is 5.56 Å². The van der Waals surface area contributed by atoms with Crippen LogP contribution in [0, 0.1) is 0 Å². The lowest BCUT2D eigenvalue weighted by molar-refractivity contribution is -0.138. The van der Waals surface area contributed by atoms with Gasteiger partial charge in [-0.3, -0.25) is 0 Å². The van der Waals surface area contributed by atoms with Crippen LogP contribution in [0.3, 0.4) is 0 Å². The molecule has 0 radical (unpaired) electrons. The van der Waals surface area contributed by atoms with Crippen molar-refractivity contribution in [3.05, 3.63) is 27.5 Å². The van der Waals surface area contributed by atoms with Gasteiger partial charge in [0.2, 0.25) is 0 Å². The van der Waals surface area contributed by atoms with Gasteiger partial charge in [-0.05, 0) is 22.0 Å². The van der Waals surface area contributed by atoms with E-state index in [4.69, 9.17) is 11.6 Å². The third-order valence-electron chi connectivity index (χ3n) is 1.11. The molecule has 0 aromatic carbocycles. The van der Waals surface area contributed by atoms with Crippen molar-refractivity contribution >= 4 is 27.5 Å². The van der Waals surface area contributed by atoms with Crippen LogP contribution in [0.5, 0.6) is 0 Å². The minimum Gasteiger partial charge on any atom is -0.247 e. The van der Waals surface area contributed by atoms with Crippen LogP contribution >= 0.6 is 27.5 Å². The molecule has 0 spiro atoms. The smallest absolute Gasteiger partial charge is 0.247 e. The lowest BCUT2D eigenvalue weighted by Crippen LogP contribution is -2.06. The van der Waals surface area contributed by atoms with Crippen molar-refractivity contribution in [3.63, 3.8) is 0 Å². The molecule has 1 aromatic heterocycles. The molecule has 66 valence electrons. The second kappa shape index (κ2) is 3.22. The highest BCUT2D eigenvalue weighted by Gasteiger charge is 2.33. The first kappa shape index (κ1) is 9.80. The van der Waals surface area contributed by atoms with E-state index in [2.05, 4.69) is 20.9 Å². The van der Waals surface area contributed by atoms with Crippen molar-refractivity contribution in [2.75, 3.05) is 0 Å². The first-order valence-electron chi connectivity index (χ1n) is 2.79. The quantitative estimate of drug-likeness (QED) is 0.650. The maximum absolute atomic E-state index is 12.1. The Hall–Kier alpha value is -0.290. The standard InChI is InChI=1S/C6H2BrClF3N/c7-5-4(6(9,10)11)1-3(8)2-12-5/h1-2H. The first-order valence-corrected chi connectivity index (χ1v) is 3.96. The predicted octanol–water partition coefficient (Wildman–Crippen LogP) is 3.52. The minimum atomic E-state index is -4.42. The molecule has 0 aliphatic rings. The highest BCUT2D eigenvalue weighted by molar-refractivity contribution is 9.10. The molecule has 0 N–H and O–H groups in total. The first-order chi connectivity index (χ1) is 5.41. The molecule has 0 aliphatic carbocycles. The number of pyridine rings is 1.